The van der Waals surface area contributed by atoms with E-state index in [1.807, 2.05) is 44.4 Å². The maximum atomic E-state index is 15.0. The van der Waals surface area contributed by atoms with E-state index >= 15 is 0 Å². The number of nitrogens with one attached hydrogen (secondary N) is 1. The second-order valence-electron chi connectivity index (χ2n) is 7.70. The highest BCUT2D eigenvalue weighted by molar-refractivity contribution is 6.32. The van der Waals surface area contributed by atoms with E-state index in [-0.39, 0.29) is 22.0 Å². The van der Waals surface area contributed by atoms with E-state index in [1.54, 1.807) is 12.1 Å². The Bertz CT molecular complexity index is 1280. The standard InChI is InChI=1S/C25H22ClFN3O2/c1-30(2)14-15-4-6-18(7-5-15)29-22-8-9-28-24-19(22)10-16(12-21(24)27)17-11-20(26)25(31)23(13-17)32-3/h4-7,9-13,31H,14H2,1-3H3,(H,28,29). The number of aromatic nitrogens is 1. The first-order chi connectivity index (χ1) is 15.4. The summed E-state index contributed by atoms with van der Waals surface area (Å²) in [7, 11) is 5.47. The number of halogens is 2. The van der Waals surface area contributed by atoms with Crippen molar-refractivity contribution >= 4 is 33.9 Å². The predicted octanol–water partition coefficient (Wildman–Crippen LogP) is 6.01. The minimum absolute atomic E-state index is 0.119. The molecule has 0 fully saturated rings. The van der Waals surface area contributed by atoms with Gasteiger partial charge in [-0.15, -0.1) is 0 Å². The Labute approximate surface area is 191 Å². The lowest BCUT2D eigenvalue weighted by molar-refractivity contribution is 0.374. The third-order valence-corrected chi connectivity index (χ3v) is 5.33. The molecule has 0 aliphatic heterocycles. The van der Waals surface area contributed by atoms with E-state index in [2.05, 4.69) is 21.3 Å². The highest BCUT2D eigenvalue weighted by Crippen LogP contribution is 2.40. The lowest BCUT2D eigenvalue weighted by atomic mass is 10.0. The molecule has 0 saturated heterocycles. The fourth-order valence-corrected chi connectivity index (χ4v) is 3.74. The molecule has 4 rings (SSSR count). The van der Waals surface area contributed by atoms with Crippen molar-refractivity contribution in [2.24, 2.45) is 0 Å². The number of phenolic OH excluding ortho intramolecular Hbond substituents is 1. The van der Waals surface area contributed by atoms with Gasteiger partial charge in [0.25, 0.3) is 0 Å². The van der Waals surface area contributed by atoms with Crippen molar-refractivity contribution in [3.8, 4) is 22.6 Å². The minimum Gasteiger partial charge on any atom is -0.503 e. The molecule has 0 amide bonds. The number of fused-ring (bicyclic) bond motifs is 1. The van der Waals surface area contributed by atoms with E-state index in [9.17, 15) is 9.50 Å². The van der Waals surface area contributed by atoms with Gasteiger partial charge in [-0.3, -0.25) is 4.98 Å². The number of aromatic hydroxyl groups is 1. The van der Waals surface area contributed by atoms with Gasteiger partial charge in [0, 0.05) is 29.9 Å². The molecule has 4 aromatic rings. The van der Waals surface area contributed by atoms with Crippen LogP contribution in [0.5, 0.6) is 11.5 Å². The molecular weight excluding hydrogens is 429 g/mol. The second kappa shape index (κ2) is 9.02. The van der Waals surface area contributed by atoms with E-state index in [1.165, 1.54) is 24.9 Å². The Morgan fingerprint density at radius 1 is 1.12 bits per heavy atom. The van der Waals surface area contributed by atoms with Gasteiger partial charge in [-0.2, -0.15) is 0 Å². The van der Waals surface area contributed by atoms with Crippen LogP contribution < -0.4 is 10.1 Å². The molecule has 1 aromatic heterocycles. The number of methoxy groups -OCH3 is 1. The van der Waals surface area contributed by atoms with Gasteiger partial charge >= 0.3 is 0 Å². The Morgan fingerprint density at radius 2 is 1.84 bits per heavy atom. The zero-order valence-corrected chi connectivity index (χ0v) is 18.7. The first kappa shape index (κ1) is 21.9. The van der Waals surface area contributed by atoms with E-state index in [0.29, 0.717) is 22.2 Å². The predicted molar refractivity (Wildman–Crippen MR) is 126 cm³/mol. The summed E-state index contributed by atoms with van der Waals surface area (Å²) in [5.74, 6) is -0.421. The number of hydrogen-bond acceptors (Lipinski definition) is 5. The first-order valence-electron chi connectivity index (χ1n) is 9.93. The summed E-state index contributed by atoms with van der Waals surface area (Å²) in [5.41, 5.74) is 4.06. The van der Waals surface area contributed by atoms with Crippen LogP contribution >= 0.6 is 11.6 Å². The number of benzene rings is 3. The number of phenols is 1. The molecule has 32 heavy (non-hydrogen) atoms. The zero-order chi connectivity index (χ0) is 22.8. The van der Waals surface area contributed by atoms with Crippen molar-refractivity contribution in [2.45, 2.75) is 6.54 Å². The third-order valence-electron chi connectivity index (χ3n) is 5.04. The number of pyridine rings is 1. The van der Waals surface area contributed by atoms with Crippen LogP contribution in [0.1, 0.15) is 5.56 Å². The summed E-state index contributed by atoms with van der Waals surface area (Å²) in [4.78, 5) is 6.26. The van der Waals surface area contributed by atoms with Crippen molar-refractivity contribution in [1.82, 2.24) is 9.88 Å². The van der Waals surface area contributed by atoms with Gasteiger partial charge in [0.05, 0.1) is 17.8 Å². The molecule has 1 radical (unpaired) electrons. The SMILES string of the molecule is COc1cc(-c2cc(F)c3nc[c]c(Nc4ccc(CN(C)C)cc4)c3c2)cc(Cl)c1O. The van der Waals surface area contributed by atoms with Crippen LogP contribution in [-0.2, 0) is 6.54 Å². The zero-order valence-electron chi connectivity index (χ0n) is 17.9. The molecule has 7 heteroatoms. The number of anilines is 2. The van der Waals surface area contributed by atoms with Crippen molar-refractivity contribution in [3.05, 3.63) is 77.2 Å². The second-order valence-corrected chi connectivity index (χ2v) is 8.11. The summed E-state index contributed by atoms with van der Waals surface area (Å²) in [6.07, 6.45) is 1.45. The molecule has 0 unspecified atom stereocenters. The summed E-state index contributed by atoms with van der Waals surface area (Å²) < 4.78 is 20.1. The first-order valence-corrected chi connectivity index (χ1v) is 10.3. The van der Waals surface area contributed by atoms with Crippen LogP contribution in [0.4, 0.5) is 15.8 Å². The van der Waals surface area contributed by atoms with E-state index in [4.69, 9.17) is 16.3 Å². The van der Waals surface area contributed by atoms with Gasteiger partial charge < -0.3 is 20.1 Å². The fourth-order valence-electron chi connectivity index (χ4n) is 3.53. The van der Waals surface area contributed by atoms with Crippen LogP contribution in [0.3, 0.4) is 0 Å². The molecule has 0 spiro atoms. The van der Waals surface area contributed by atoms with Crippen LogP contribution in [-0.4, -0.2) is 36.2 Å². The maximum Gasteiger partial charge on any atom is 0.176 e. The van der Waals surface area contributed by atoms with Gasteiger partial charge in [-0.25, -0.2) is 4.39 Å². The molecule has 0 aliphatic carbocycles. The minimum atomic E-state index is -0.473. The van der Waals surface area contributed by atoms with Crippen LogP contribution in [0.25, 0.3) is 22.0 Å². The van der Waals surface area contributed by atoms with Gasteiger partial charge in [-0.1, -0.05) is 23.7 Å². The largest absolute Gasteiger partial charge is 0.503 e. The highest BCUT2D eigenvalue weighted by atomic mass is 35.5. The molecule has 0 saturated carbocycles. The van der Waals surface area contributed by atoms with Crippen LogP contribution in [0.15, 0.2) is 54.7 Å². The molecule has 0 atom stereocenters. The fraction of sp³-hybridized carbons (Fsp3) is 0.160. The molecular formula is C25H22ClFN3O2. The van der Waals surface area contributed by atoms with Crippen LogP contribution in [0, 0.1) is 11.9 Å². The Morgan fingerprint density at radius 3 is 2.53 bits per heavy atom. The van der Waals surface area contributed by atoms with Crippen molar-refractivity contribution in [3.63, 3.8) is 0 Å². The topological polar surface area (TPSA) is 57.6 Å². The van der Waals surface area contributed by atoms with Gasteiger partial charge in [0.2, 0.25) is 0 Å². The average Bonchev–Trinajstić information content (AvgIpc) is 2.77. The lowest BCUT2D eigenvalue weighted by Gasteiger charge is -2.14. The number of hydrogen-bond donors (Lipinski definition) is 2. The van der Waals surface area contributed by atoms with Crippen LogP contribution in [0.2, 0.25) is 5.02 Å². The lowest BCUT2D eigenvalue weighted by Crippen LogP contribution is -2.10. The summed E-state index contributed by atoms with van der Waals surface area (Å²) >= 11 is 6.13. The van der Waals surface area contributed by atoms with Crippen molar-refractivity contribution < 1.29 is 14.2 Å². The maximum absolute atomic E-state index is 15.0. The summed E-state index contributed by atoms with van der Waals surface area (Å²) in [6.45, 7) is 0.845. The third kappa shape index (κ3) is 4.47. The number of ether oxygens (including phenoxy) is 1. The Hall–Kier alpha value is -3.35. The van der Waals surface area contributed by atoms with Gasteiger partial charge in [-0.05, 0) is 67.2 Å². The monoisotopic (exact) mass is 450 g/mol. The molecule has 0 aliphatic rings. The van der Waals surface area contributed by atoms with E-state index < -0.39 is 5.82 Å². The summed E-state index contributed by atoms with van der Waals surface area (Å²) in [5, 5.41) is 14.0. The molecule has 1 heterocycles. The molecule has 2 N–H and O–H groups in total. The smallest absolute Gasteiger partial charge is 0.176 e. The normalized spacial score (nSPS) is 11.2. The molecule has 0 bridgehead atoms. The van der Waals surface area contributed by atoms with Gasteiger partial charge in [0.15, 0.2) is 11.5 Å². The average molecular weight is 451 g/mol. The molecule has 5 nitrogen and oxygen atoms in total. The number of nitrogens with zero attached hydrogens (tertiary/aromatic N) is 2. The Kier molecular flexibility index (Phi) is 6.17. The molecule has 163 valence electrons. The quantitative estimate of drug-likeness (QED) is 0.376. The summed E-state index contributed by atoms with van der Waals surface area (Å²) in [6, 6.07) is 17.5. The van der Waals surface area contributed by atoms with Crippen molar-refractivity contribution in [1.29, 1.82) is 0 Å². The Balaban J connectivity index is 1.75. The van der Waals surface area contributed by atoms with Crippen molar-refractivity contribution in [2.75, 3.05) is 26.5 Å². The van der Waals surface area contributed by atoms with Gasteiger partial charge in [0.1, 0.15) is 11.3 Å². The van der Waals surface area contributed by atoms with E-state index in [0.717, 1.165) is 12.2 Å². The highest BCUT2D eigenvalue weighted by Gasteiger charge is 2.14. The number of rotatable bonds is 6. The molecule has 3 aromatic carbocycles.